The molecule has 0 radical (unpaired) electrons. The molecule has 3 heterocycles. The second kappa shape index (κ2) is 7.22. The van der Waals surface area contributed by atoms with E-state index in [1.807, 2.05) is 24.3 Å². The molecule has 28 heavy (non-hydrogen) atoms. The highest BCUT2D eigenvalue weighted by atomic mass is 16.6. The Morgan fingerprint density at radius 1 is 1.29 bits per heavy atom. The van der Waals surface area contributed by atoms with Crippen LogP contribution in [0.15, 0.2) is 39.2 Å². The maximum atomic E-state index is 10.3. The van der Waals surface area contributed by atoms with Crippen molar-refractivity contribution in [2.24, 2.45) is 20.7 Å². The van der Waals surface area contributed by atoms with E-state index in [0.717, 1.165) is 11.3 Å². The zero-order valence-corrected chi connectivity index (χ0v) is 15.3. The molecule has 5 atom stereocenters. The third kappa shape index (κ3) is 3.09. The molecule has 1 fully saturated rings. The largest absolute Gasteiger partial charge is 0.497 e. The lowest BCUT2D eigenvalue weighted by atomic mass is 9.94. The van der Waals surface area contributed by atoms with Crippen LogP contribution in [0.3, 0.4) is 0 Å². The third-order valence-electron chi connectivity index (χ3n) is 5.20. The van der Waals surface area contributed by atoms with Crippen molar-refractivity contribution in [1.82, 2.24) is 4.90 Å². The maximum Gasteiger partial charge on any atom is 0.162 e. The molecule has 1 saturated heterocycles. The summed E-state index contributed by atoms with van der Waals surface area (Å²) in [5, 5.41) is 29.6. The van der Waals surface area contributed by atoms with Gasteiger partial charge in [0.05, 0.1) is 13.7 Å². The molecule has 0 bridgehead atoms. The number of hydrogen-bond donors (Lipinski definition) is 4. The summed E-state index contributed by atoms with van der Waals surface area (Å²) in [6.45, 7) is -0.242. The summed E-state index contributed by atoms with van der Waals surface area (Å²) in [7, 11) is 1.60. The van der Waals surface area contributed by atoms with E-state index in [0.29, 0.717) is 18.0 Å². The second-order valence-corrected chi connectivity index (χ2v) is 6.99. The molecule has 0 aliphatic carbocycles. The molecular formula is C18H23N5O5. The molecule has 1 aromatic rings. The zero-order chi connectivity index (χ0) is 19.9. The van der Waals surface area contributed by atoms with Crippen molar-refractivity contribution in [3.63, 3.8) is 0 Å². The Balaban J connectivity index is 1.54. The smallest absolute Gasteiger partial charge is 0.162 e. The predicted octanol–water partition coefficient (Wildman–Crippen LogP) is -1.51. The molecule has 150 valence electrons. The monoisotopic (exact) mass is 389 g/mol. The van der Waals surface area contributed by atoms with Gasteiger partial charge in [-0.15, -0.1) is 0 Å². The lowest BCUT2D eigenvalue weighted by molar-refractivity contribution is -0.0688. The van der Waals surface area contributed by atoms with Crippen LogP contribution >= 0.6 is 0 Å². The van der Waals surface area contributed by atoms with E-state index in [1.165, 1.54) is 6.34 Å². The first-order valence-electron chi connectivity index (χ1n) is 8.94. The van der Waals surface area contributed by atoms with Crippen molar-refractivity contribution in [3.05, 3.63) is 29.8 Å². The summed E-state index contributed by atoms with van der Waals surface area (Å²) in [6.07, 6.45) is -2.39. The molecule has 0 saturated carbocycles. The molecule has 1 aromatic carbocycles. The quantitative estimate of drug-likeness (QED) is 0.479. The average Bonchev–Trinajstić information content (AvgIpc) is 3.25. The van der Waals surface area contributed by atoms with Crippen LogP contribution in [-0.2, 0) is 11.2 Å². The lowest BCUT2D eigenvalue weighted by Crippen LogP contribution is -2.56. The number of aliphatic hydroxyl groups is 3. The van der Waals surface area contributed by atoms with E-state index in [-0.39, 0.29) is 6.67 Å². The number of nitrogens with zero attached hydrogens (tertiary/aromatic N) is 4. The predicted molar refractivity (Wildman–Crippen MR) is 101 cm³/mol. The number of methoxy groups -OCH3 is 1. The van der Waals surface area contributed by atoms with Crippen LogP contribution in [0.1, 0.15) is 5.56 Å². The molecule has 4 rings (SSSR count). The van der Waals surface area contributed by atoms with Crippen LogP contribution in [0.5, 0.6) is 5.75 Å². The Morgan fingerprint density at radius 2 is 2.04 bits per heavy atom. The van der Waals surface area contributed by atoms with Crippen LogP contribution in [0.4, 0.5) is 0 Å². The first-order valence-corrected chi connectivity index (χ1v) is 8.94. The van der Waals surface area contributed by atoms with Gasteiger partial charge in [0.2, 0.25) is 0 Å². The average molecular weight is 389 g/mol. The number of benzene rings is 1. The van der Waals surface area contributed by atoms with Crippen molar-refractivity contribution in [2.75, 3.05) is 20.4 Å². The molecule has 5 N–H and O–H groups in total. The number of fused-ring (bicyclic) bond motifs is 1. The summed E-state index contributed by atoms with van der Waals surface area (Å²) < 4.78 is 10.8. The van der Waals surface area contributed by atoms with E-state index in [1.54, 1.807) is 12.0 Å². The van der Waals surface area contributed by atoms with Crippen molar-refractivity contribution < 1.29 is 24.8 Å². The lowest BCUT2D eigenvalue weighted by Gasteiger charge is -2.32. The van der Waals surface area contributed by atoms with Gasteiger partial charge in [-0.25, -0.2) is 9.98 Å². The van der Waals surface area contributed by atoms with Crippen LogP contribution < -0.4 is 10.5 Å². The summed E-state index contributed by atoms with van der Waals surface area (Å²) in [4.78, 5) is 14.7. The zero-order valence-electron chi connectivity index (χ0n) is 15.3. The highest BCUT2D eigenvalue weighted by Gasteiger charge is 2.50. The van der Waals surface area contributed by atoms with Crippen molar-refractivity contribution in [3.8, 4) is 5.75 Å². The van der Waals surface area contributed by atoms with E-state index in [9.17, 15) is 15.3 Å². The number of rotatable bonds is 5. The van der Waals surface area contributed by atoms with Crippen LogP contribution in [-0.4, -0.2) is 88.7 Å². The van der Waals surface area contributed by atoms with Gasteiger partial charge in [-0.2, -0.15) is 0 Å². The fraction of sp³-hybridized carbons (Fsp3) is 0.500. The minimum absolute atomic E-state index is 0.158. The first kappa shape index (κ1) is 19.0. The number of amidine groups is 1. The van der Waals surface area contributed by atoms with Crippen molar-refractivity contribution in [2.45, 2.75) is 36.6 Å². The summed E-state index contributed by atoms with van der Waals surface area (Å²) in [5.41, 5.74) is 6.89. The number of ether oxygens (including phenoxy) is 2. The molecular weight excluding hydrogens is 366 g/mol. The van der Waals surface area contributed by atoms with Gasteiger partial charge in [-0.05, 0) is 17.7 Å². The third-order valence-corrected chi connectivity index (χ3v) is 5.20. The van der Waals surface area contributed by atoms with Crippen molar-refractivity contribution >= 4 is 17.9 Å². The Hall–Kier alpha value is -2.37. The molecule has 0 amide bonds. The molecule has 3 aliphatic rings. The first-order chi connectivity index (χ1) is 13.5. The molecule has 10 heteroatoms. The minimum atomic E-state index is -1.21. The van der Waals surface area contributed by atoms with Gasteiger partial charge in [0.15, 0.2) is 17.7 Å². The Bertz CT molecular complexity index is 826. The van der Waals surface area contributed by atoms with Gasteiger partial charge >= 0.3 is 0 Å². The second-order valence-electron chi connectivity index (χ2n) is 6.99. The highest BCUT2D eigenvalue weighted by molar-refractivity contribution is 6.47. The van der Waals surface area contributed by atoms with Gasteiger partial charge < -0.3 is 35.4 Å². The topological polar surface area (TPSA) is 145 Å². The molecule has 10 nitrogen and oxygen atoms in total. The minimum Gasteiger partial charge on any atom is -0.497 e. The van der Waals surface area contributed by atoms with E-state index in [2.05, 4.69) is 15.0 Å². The van der Waals surface area contributed by atoms with Gasteiger partial charge in [-0.3, -0.25) is 4.99 Å². The van der Waals surface area contributed by atoms with Gasteiger partial charge in [0.25, 0.3) is 0 Å². The highest BCUT2D eigenvalue weighted by Crippen LogP contribution is 2.30. The van der Waals surface area contributed by atoms with Gasteiger partial charge in [0.1, 0.15) is 42.8 Å². The fourth-order valence-corrected chi connectivity index (χ4v) is 3.66. The fourth-order valence-electron chi connectivity index (χ4n) is 3.66. The summed E-state index contributed by atoms with van der Waals surface area (Å²) in [6, 6.07) is 7.52. The normalized spacial score (nSPS) is 34.2. The maximum absolute atomic E-state index is 10.3. The van der Waals surface area contributed by atoms with E-state index < -0.39 is 36.8 Å². The number of aliphatic imine (C=N–C) groups is 3. The Labute approximate surface area is 161 Å². The van der Waals surface area contributed by atoms with Crippen molar-refractivity contribution in [1.29, 1.82) is 0 Å². The Kier molecular flexibility index (Phi) is 4.89. The van der Waals surface area contributed by atoms with Crippen LogP contribution in [0.2, 0.25) is 0 Å². The van der Waals surface area contributed by atoms with Crippen LogP contribution in [0.25, 0.3) is 0 Å². The number of aliphatic hydroxyl groups excluding tert-OH is 3. The Morgan fingerprint density at radius 3 is 2.68 bits per heavy atom. The van der Waals surface area contributed by atoms with Gasteiger partial charge in [0, 0.05) is 6.42 Å². The molecule has 0 spiro atoms. The van der Waals surface area contributed by atoms with E-state index >= 15 is 0 Å². The van der Waals surface area contributed by atoms with Gasteiger partial charge in [-0.1, -0.05) is 12.1 Å². The summed E-state index contributed by atoms with van der Waals surface area (Å²) in [5.74, 6) is 1.19. The SMILES string of the molecule is COc1ccc(CC2(N)N=CN=C3C2=NCN3[C@@H]2O[C@H](CO)[C@@H](O)[C@H]2O)cc1. The van der Waals surface area contributed by atoms with Crippen LogP contribution in [0, 0.1) is 0 Å². The van der Waals surface area contributed by atoms with E-state index in [4.69, 9.17) is 15.2 Å². The molecule has 3 aliphatic heterocycles. The standard InChI is InChI=1S/C18H23N5O5/c1-27-11-4-2-10(3-5-11)6-18(19)15-16(20-8-22-18)23(9-21-15)17-14(26)13(25)12(7-24)28-17/h2-5,8,12-14,17,24-26H,6-7,9,19H2,1H3/t12-,13-,14-,17-,18?/m1/s1. The number of nitrogens with two attached hydrogens (primary N) is 1. The number of hydrogen-bond acceptors (Lipinski definition) is 10. The molecule has 0 aromatic heterocycles. The summed E-state index contributed by atoms with van der Waals surface area (Å²) >= 11 is 0. The molecule has 1 unspecified atom stereocenters.